The summed E-state index contributed by atoms with van der Waals surface area (Å²) >= 11 is 0. The third kappa shape index (κ3) is 6.04. The Labute approximate surface area is 137 Å². The Morgan fingerprint density at radius 2 is 1.32 bits per heavy atom. The Morgan fingerprint density at radius 3 is 1.77 bits per heavy atom. The third-order valence-electron chi connectivity index (χ3n) is 5.74. The number of hydrogen-bond donors (Lipinski definition) is 0. The van der Waals surface area contributed by atoms with E-state index in [4.69, 9.17) is 9.47 Å². The van der Waals surface area contributed by atoms with Gasteiger partial charge in [0.25, 0.3) is 0 Å². The predicted octanol–water partition coefficient (Wildman–Crippen LogP) is 5.23. The smallest absolute Gasteiger partial charge is 0.0644 e. The van der Waals surface area contributed by atoms with Crippen LogP contribution in [0.4, 0.5) is 0 Å². The Kier molecular flexibility index (Phi) is 8.54. The normalized spacial score (nSPS) is 32.8. The topological polar surface area (TPSA) is 18.5 Å². The van der Waals surface area contributed by atoms with Crippen LogP contribution in [0.1, 0.15) is 64.7 Å². The average molecular weight is 309 g/mol. The molecule has 0 unspecified atom stereocenters. The fraction of sp³-hybridized carbons (Fsp3) is 0.900. The molecule has 2 nitrogen and oxygen atoms in total. The van der Waals surface area contributed by atoms with E-state index in [0.717, 1.165) is 49.9 Å². The van der Waals surface area contributed by atoms with Gasteiger partial charge in [0.05, 0.1) is 6.61 Å². The molecule has 128 valence electrons. The zero-order valence-electron chi connectivity index (χ0n) is 14.6. The van der Waals surface area contributed by atoms with Crippen molar-refractivity contribution in [1.82, 2.24) is 0 Å². The summed E-state index contributed by atoms with van der Waals surface area (Å²) in [6.45, 7) is 9.51. The first-order chi connectivity index (χ1) is 10.8. The van der Waals surface area contributed by atoms with Crippen LogP contribution in [0.2, 0.25) is 0 Å². The van der Waals surface area contributed by atoms with Crippen molar-refractivity contribution in [3.63, 3.8) is 0 Å². The highest BCUT2D eigenvalue weighted by molar-refractivity contribution is 4.82. The van der Waals surface area contributed by atoms with E-state index in [1.807, 2.05) is 6.08 Å². The fourth-order valence-corrected chi connectivity index (χ4v) is 4.36. The summed E-state index contributed by atoms with van der Waals surface area (Å²) in [5, 5.41) is 0. The zero-order valence-corrected chi connectivity index (χ0v) is 14.6. The number of rotatable bonds is 9. The fourth-order valence-electron chi connectivity index (χ4n) is 4.36. The molecule has 2 rings (SSSR count). The van der Waals surface area contributed by atoms with E-state index in [2.05, 4.69) is 13.5 Å². The van der Waals surface area contributed by atoms with Crippen molar-refractivity contribution >= 4 is 0 Å². The molecule has 0 aromatic carbocycles. The van der Waals surface area contributed by atoms with Crippen molar-refractivity contribution in [1.29, 1.82) is 0 Å². The molecule has 2 fully saturated rings. The van der Waals surface area contributed by atoms with Gasteiger partial charge >= 0.3 is 0 Å². The maximum Gasteiger partial charge on any atom is 0.0644 e. The van der Waals surface area contributed by atoms with E-state index in [1.165, 1.54) is 51.4 Å². The van der Waals surface area contributed by atoms with Crippen molar-refractivity contribution in [2.45, 2.75) is 64.7 Å². The lowest BCUT2D eigenvalue weighted by atomic mass is 9.69. The maximum absolute atomic E-state index is 5.74. The van der Waals surface area contributed by atoms with Gasteiger partial charge in [0.1, 0.15) is 0 Å². The SMILES string of the molecule is C=CCOCC1CCC(C2CCC(COCCC)CC2)CC1. The van der Waals surface area contributed by atoms with Gasteiger partial charge in [-0.25, -0.2) is 0 Å². The molecule has 0 heterocycles. The van der Waals surface area contributed by atoms with E-state index in [9.17, 15) is 0 Å². The van der Waals surface area contributed by atoms with Gasteiger partial charge in [-0.05, 0) is 81.5 Å². The van der Waals surface area contributed by atoms with Crippen molar-refractivity contribution in [3.8, 4) is 0 Å². The van der Waals surface area contributed by atoms with Crippen LogP contribution in [0.5, 0.6) is 0 Å². The highest BCUT2D eigenvalue weighted by atomic mass is 16.5. The van der Waals surface area contributed by atoms with Crippen molar-refractivity contribution in [3.05, 3.63) is 12.7 Å². The lowest BCUT2D eigenvalue weighted by Gasteiger charge is -2.37. The lowest BCUT2D eigenvalue weighted by molar-refractivity contribution is 0.0559. The lowest BCUT2D eigenvalue weighted by Crippen LogP contribution is -2.28. The Hall–Kier alpha value is -0.340. The van der Waals surface area contributed by atoms with Gasteiger partial charge in [-0.2, -0.15) is 0 Å². The quantitative estimate of drug-likeness (QED) is 0.429. The molecule has 0 aromatic heterocycles. The zero-order chi connectivity index (χ0) is 15.6. The van der Waals surface area contributed by atoms with E-state index >= 15 is 0 Å². The van der Waals surface area contributed by atoms with Crippen molar-refractivity contribution < 1.29 is 9.47 Å². The monoisotopic (exact) mass is 308 g/mol. The molecule has 2 heteroatoms. The summed E-state index contributed by atoms with van der Waals surface area (Å²) in [7, 11) is 0. The van der Waals surface area contributed by atoms with Crippen molar-refractivity contribution in [2.24, 2.45) is 23.7 Å². The molecule has 0 radical (unpaired) electrons. The molecule has 22 heavy (non-hydrogen) atoms. The van der Waals surface area contributed by atoms with Gasteiger partial charge in [0, 0.05) is 19.8 Å². The predicted molar refractivity (Wildman–Crippen MR) is 93.0 cm³/mol. The van der Waals surface area contributed by atoms with E-state index in [1.54, 1.807) is 0 Å². The van der Waals surface area contributed by atoms with E-state index < -0.39 is 0 Å². The highest BCUT2D eigenvalue weighted by Gasteiger charge is 2.30. The van der Waals surface area contributed by atoms with E-state index in [-0.39, 0.29) is 0 Å². The summed E-state index contributed by atoms with van der Waals surface area (Å²) < 4.78 is 11.4. The molecule has 0 bridgehead atoms. The van der Waals surface area contributed by atoms with Crippen LogP contribution < -0.4 is 0 Å². The van der Waals surface area contributed by atoms with Crippen LogP contribution in [0, 0.1) is 23.7 Å². The summed E-state index contributed by atoms with van der Waals surface area (Å²) in [5.74, 6) is 3.63. The van der Waals surface area contributed by atoms with Gasteiger partial charge in [0.2, 0.25) is 0 Å². The largest absolute Gasteiger partial charge is 0.381 e. The first-order valence-electron chi connectivity index (χ1n) is 9.59. The van der Waals surface area contributed by atoms with Gasteiger partial charge < -0.3 is 9.47 Å². The Bertz CT molecular complexity index is 286. The minimum absolute atomic E-state index is 0.712. The molecule has 0 aromatic rings. The summed E-state index contributed by atoms with van der Waals surface area (Å²) in [5.41, 5.74) is 0. The van der Waals surface area contributed by atoms with Gasteiger partial charge in [-0.1, -0.05) is 13.0 Å². The van der Waals surface area contributed by atoms with Crippen LogP contribution in [-0.4, -0.2) is 26.4 Å². The molecule has 0 saturated heterocycles. The van der Waals surface area contributed by atoms with Gasteiger partial charge in [-0.3, -0.25) is 0 Å². The molecule has 0 atom stereocenters. The molecule has 0 amide bonds. The molecule has 2 saturated carbocycles. The second-order valence-electron chi connectivity index (χ2n) is 7.46. The average Bonchev–Trinajstić information content (AvgIpc) is 2.57. The minimum atomic E-state index is 0.712. The van der Waals surface area contributed by atoms with Crippen LogP contribution in [0.3, 0.4) is 0 Å². The van der Waals surface area contributed by atoms with Gasteiger partial charge in [-0.15, -0.1) is 6.58 Å². The Morgan fingerprint density at radius 1 is 0.818 bits per heavy atom. The Balaban J connectivity index is 1.59. The summed E-state index contributed by atoms with van der Waals surface area (Å²) in [6.07, 6.45) is 14.3. The number of hydrogen-bond acceptors (Lipinski definition) is 2. The van der Waals surface area contributed by atoms with Gasteiger partial charge in [0.15, 0.2) is 0 Å². The molecule has 0 spiro atoms. The van der Waals surface area contributed by atoms with Crippen LogP contribution in [-0.2, 0) is 9.47 Å². The third-order valence-corrected chi connectivity index (χ3v) is 5.74. The highest BCUT2D eigenvalue weighted by Crippen LogP contribution is 2.41. The maximum atomic E-state index is 5.74. The molecule has 2 aliphatic carbocycles. The summed E-state index contributed by atoms with van der Waals surface area (Å²) in [4.78, 5) is 0. The molecule has 0 aliphatic heterocycles. The van der Waals surface area contributed by atoms with Crippen LogP contribution >= 0.6 is 0 Å². The molecule has 2 aliphatic rings. The van der Waals surface area contributed by atoms with Crippen LogP contribution in [0.15, 0.2) is 12.7 Å². The first-order valence-corrected chi connectivity index (χ1v) is 9.59. The molecular weight excluding hydrogens is 272 g/mol. The standard InChI is InChI=1S/C20H36O2/c1-3-13-21-15-17-5-9-19(10-6-17)20-11-7-18(8-12-20)16-22-14-4-2/h3,17-20H,1,4-16H2,2H3. The molecule has 0 N–H and O–H groups in total. The number of ether oxygens (including phenoxy) is 2. The van der Waals surface area contributed by atoms with Crippen molar-refractivity contribution in [2.75, 3.05) is 26.4 Å². The van der Waals surface area contributed by atoms with Crippen LogP contribution in [0.25, 0.3) is 0 Å². The summed E-state index contributed by atoms with van der Waals surface area (Å²) in [6, 6.07) is 0. The second-order valence-corrected chi connectivity index (χ2v) is 7.46. The molecular formula is C20H36O2. The van der Waals surface area contributed by atoms with E-state index in [0.29, 0.717) is 6.61 Å². The minimum Gasteiger partial charge on any atom is -0.381 e. The first kappa shape index (κ1) is 18.0. The second kappa shape index (κ2) is 10.4.